The van der Waals surface area contributed by atoms with Gasteiger partial charge in [-0.25, -0.2) is 13.1 Å². The summed E-state index contributed by atoms with van der Waals surface area (Å²) in [7, 11) is -3.22. The van der Waals surface area contributed by atoms with E-state index >= 15 is 0 Å². The van der Waals surface area contributed by atoms with Crippen molar-refractivity contribution in [2.24, 2.45) is 0 Å². The minimum absolute atomic E-state index is 0.0457. The van der Waals surface area contributed by atoms with Crippen molar-refractivity contribution in [1.82, 2.24) is 10.0 Å². The molecule has 0 saturated heterocycles. The maximum atomic E-state index is 11.8. The van der Waals surface area contributed by atoms with Crippen LogP contribution in [-0.2, 0) is 22.3 Å². The molecule has 0 heterocycles. The van der Waals surface area contributed by atoms with E-state index in [2.05, 4.69) is 17.0 Å². The number of hydrogen-bond acceptors (Lipinski definition) is 4. The Balaban J connectivity index is 2.47. The van der Waals surface area contributed by atoms with Crippen molar-refractivity contribution in [3.05, 3.63) is 35.4 Å². The van der Waals surface area contributed by atoms with E-state index in [-0.39, 0.29) is 5.75 Å². The first-order chi connectivity index (χ1) is 9.57. The Morgan fingerprint density at radius 1 is 1.10 bits per heavy atom. The summed E-state index contributed by atoms with van der Waals surface area (Å²) >= 11 is 1.63. The predicted octanol–water partition coefficient (Wildman–Crippen LogP) is 1.97. The lowest BCUT2D eigenvalue weighted by Crippen LogP contribution is -2.27. The van der Waals surface area contributed by atoms with Gasteiger partial charge in [-0.1, -0.05) is 31.2 Å². The van der Waals surface area contributed by atoms with Gasteiger partial charge in [0.1, 0.15) is 0 Å². The van der Waals surface area contributed by atoms with Crippen LogP contribution in [0.2, 0.25) is 0 Å². The molecule has 6 heteroatoms. The third-order valence-corrected chi connectivity index (χ3v) is 4.73. The first kappa shape index (κ1) is 17.5. The fourth-order valence-corrected chi connectivity index (χ4v) is 3.31. The molecule has 0 amide bonds. The van der Waals surface area contributed by atoms with Crippen molar-refractivity contribution in [3.8, 4) is 0 Å². The van der Waals surface area contributed by atoms with E-state index in [1.807, 2.05) is 30.5 Å². The maximum absolute atomic E-state index is 11.8. The summed E-state index contributed by atoms with van der Waals surface area (Å²) in [6.07, 6.45) is 3.07. The molecule has 0 radical (unpaired) electrons. The molecule has 20 heavy (non-hydrogen) atoms. The Morgan fingerprint density at radius 2 is 1.75 bits per heavy atom. The lowest BCUT2D eigenvalue weighted by atomic mass is 10.1. The number of rotatable bonds is 10. The molecule has 0 aromatic heterocycles. The van der Waals surface area contributed by atoms with Gasteiger partial charge in [0, 0.05) is 18.8 Å². The van der Waals surface area contributed by atoms with Crippen LogP contribution in [0.15, 0.2) is 24.3 Å². The largest absolute Gasteiger partial charge is 0.313 e. The van der Waals surface area contributed by atoms with Crippen molar-refractivity contribution in [2.75, 3.05) is 25.1 Å². The van der Waals surface area contributed by atoms with E-state index in [4.69, 9.17) is 0 Å². The van der Waals surface area contributed by atoms with Gasteiger partial charge in [0.05, 0.1) is 5.75 Å². The maximum Gasteiger partial charge on any atom is 0.215 e. The molecule has 0 fully saturated rings. The van der Waals surface area contributed by atoms with Crippen LogP contribution in [0.3, 0.4) is 0 Å². The molecular formula is C14H24N2O2S2. The van der Waals surface area contributed by atoms with E-state index in [1.165, 1.54) is 5.56 Å². The second kappa shape index (κ2) is 9.39. The summed E-state index contributed by atoms with van der Waals surface area (Å²) in [5.41, 5.74) is 2.00. The van der Waals surface area contributed by atoms with Gasteiger partial charge in [0.25, 0.3) is 0 Å². The lowest BCUT2D eigenvalue weighted by molar-refractivity contribution is 0.583. The molecule has 1 aromatic rings. The van der Waals surface area contributed by atoms with E-state index < -0.39 is 10.0 Å². The van der Waals surface area contributed by atoms with Gasteiger partial charge in [-0.05, 0) is 30.3 Å². The van der Waals surface area contributed by atoms with Gasteiger partial charge in [-0.15, -0.1) is 0 Å². The predicted molar refractivity (Wildman–Crippen MR) is 87.4 cm³/mol. The topological polar surface area (TPSA) is 58.2 Å². The van der Waals surface area contributed by atoms with Crippen LogP contribution in [0.1, 0.15) is 24.5 Å². The second-order valence-corrected chi connectivity index (χ2v) is 7.43. The van der Waals surface area contributed by atoms with Crippen molar-refractivity contribution < 1.29 is 8.42 Å². The molecule has 1 aromatic carbocycles. The highest BCUT2D eigenvalue weighted by Crippen LogP contribution is 2.08. The van der Waals surface area contributed by atoms with Crippen LogP contribution in [0.25, 0.3) is 0 Å². The van der Waals surface area contributed by atoms with Gasteiger partial charge >= 0.3 is 0 Å². The first-order valence-corrected chi connectivity index (χ1v) is 9.87. The molecule has 0 aliphatic rings. The van der Waals surface area contributed by atoms with Gasteiger partial charge in [0.15, 0.2) is 0 Å². The molecule has 0 unspecified atom stereocenters. The highest BCUT2D eigenvalue weighted by molar-refractivity contribution is 7.98. The highest BCUT2D eigenvalue weighted by Gasteiger charge is 2.10. The Morgan fingerprint density at radius 3 is 2.35 bits per heavy atom. The highest BCUT2D eigenvalue weighted by atomic mass is 32.2. The van der Waals surface area contributed by atoms with Crippen molar-refractivity contribution in [2.45, 2.75) is 25.6 Å². The Hall–Kier alpha value is -0.560. The number of hydrogen-bond donors (Lipinski definition) is 2. The summed E-state index contributed by atoms with van der Waals surface area (Å²) in [5.74, 6) is 0.839. The fraction of sp³-hybridized carbons (Fsp3) is 0.571. The standard InChI is InChI=1S/C14H24N2O2S2/c1-3-8-15-11-13-4-6-14(7-5-13)12-20(17,18)16-9-10-19-2/h4-7,15-16H,3,8-12H2,1-2H3. The third-order valence-electron chi connectivity index (χ3n) is 2.76. The molecule has 0 aliphatic heterocycles. The molecule has 1 rings (SSSR count). The second-order valence-electron chi connectivity index (χ2n) is 4.64. The van der Waals surface area contributed by atoms with Crippen LogP contribution < -0.4 is 10.0 Å². The average Bonchev–Trinajstić information content (AvgIpc) is 2.41. The van der Waals surface area contributed by atoms with Gasteiger partial charge in [0.2, 0.25) is 10.0 Å². The first-order valence-electron chi connectivity index (χ1n) is 6.82. The van der Waals surface area contributed by atoms with Crippen LogP contribution in [0, 0.1) is 0 Å². The summed E-state index contributed by atoms with van der Waals surface area (Å²) in [5, 5.41) is 3.32. The third kappa shape index (κ3) is 7.28. The SMILES string of the molecule is CCCNCc1ccc(CS(=O)(=O)NCCSC)cc1. The molecule has 114 valence electrons. The summed E-state index contributed by atoms with van der Waals surface area (Å²) in [6, 6.07) is 7.73. The van der Waals surface area contributed by atoms with Crippen LogP contribution in [0.5, 0.6) is 0 Å². The molecule has 0 aliphatic carbocycles. The van der Waals surface area contributed by atoms with Crippen molar-refractivity contribution in [1.29, 1.82) is 0 Å². The van der Waals surface area contributed by atoms with Crippen molar-refractivity contribution in [3.63, 3.8) is 0 Å². The summed E-state index contributed by atoms with van der Waals surface area (Å²) in [6.45, 7) is 4.44. The van der Waals surface area contributed by atoms with Gasteiger partial charge in [-0.2, -0.15) is 11.8 Å². The van der Waals surface area contributed by atoms with Crippen LogP contribution in [0.4, 0.5) is 0 Å². The molecule has 0 atom stereocenters. The number of sulfonamides is 1. The Bertz CT molecular complexity index is 472. The molecule has 2 N–H and O–H groups in total. The normalized spacial score (nSPS) is 11.7. The lowest BCUT2D eigenvalue weighted by Gasteiger charge is -2.07. The van der Waals surface area contributed by atoms with Gasteiger partial charge in [-0.3, -0.25) is 0 Å². The van der Waals surface area contributed by atoms with Crippen LogP contribution >= 0.6 is 11.8 Å². The number of thioether (sulfide) groups is 1. The molecular weight excluding hydrogens is 292 g/mol. The number of nitrogens with one attached hydrogen (secondary N) is 2. The zero-order valence-electron chi connectivity index (χ0n) is 12.2. The van der Waals surface area contributed by atoms with Gasteiger partial charge < -0.3 is 5.32 Å². The van der Waals surface area contributed by atoms with E-state index in [1.54, 1.807) is 11.8 Å². The zero-order chi connectivity index (χ0) is 14.8. The fourth-order valence-electron chi connectivity index (χ4n) is 1.73. The van der Waals surface area contributed by atoms with Crippen molar-refractivity contribution >= 4 is 21.8 Å². The van der Waals surface area contributed by atoms with E-state index in [0.29, 0.717) is 6.54 Å². The van der Waals surface area contributed by atoms with E-state index in [0.717, 1.165) is 30.8 Å². The van der Waals surface area contributed by atoms with E-state index in [9.17, 15) is 8.42 Å². The summed E-state index contributed by atoms with van der Waals surface area (Å²) < 4.78 is 26.3. The Kier molecular flexibility index (Phi) is 8.21. The minimum atomic E-state index is -3.22. The monoisotopic (exact) mass is 316 g/mol. The summed E-state index contributed by atoms with van der Waals surface area (Å²) in [4.78, 5) is 0. The zero-order valence-corrected chi connectivity index (χ0v) is 13.8. The quantitative estimate of drug-likeness (QED) is 0.648. The molecule has 4 nitrogen and oxygen atoms in total. The average molecular weight is 316 g/mol. The van der Waals surface area contributed by atoms with Crippen LogP contribution in [-0.4, -0.2) is 33.5 Å². The number of benzene rings is 1. The minimum Gasteiger partial charge on any atom is -0.313 e. The molecule has 0 saturated carbocycles. The Labute approximate surface area is 126 Å². The molecule has 0 spiro atoms. The smallest absolute Gasteiger partial charge is 0.215 e. The molecule has 0 bridgehead atoms.